The highest BCUT2D eigenvalue weighted by Gasteiger charge is 2.05. The van der Waals surface area contributed by atoms with E-state index in [0.29, 0.717) is 26.2 Å². The summed E-state index contributed by atoms with van der Waals surface area (Å²) in [6, 6.07) is 0. The third-order valence-corrected chi connectivity index (χ3v) is 2.88. The molecule has 0 saturated heterocycles. The fraction of sp³-hybridized carbons (Fsp3) is 0.857. The SMILES string of the molecule is CCCCCCNC(=O)CCC(=O)NCCNCCN. The third kappa shape index (κ3) is 13.3. The molecule has 0 heterocycles. The molecule has 0 aromatic rings. The van der Waals surface area contributed by atoms with Crippen molar-refractivity contribution < 1.29 is 9.59 Å². The summed E-state index contributed by atoms with van der Waals surface area (Å²) < 4.78 is 0. The summed E-state index contributed by atoms with van der Waals surface area (Å²) in [5, 5.41) is 8.68. The molecule has 20 heavy (non-hydrogen) atoms. The van der Waals surface area contributed by atoms with Gasteiger partial charge in [0.15, 0.2) is 0 Å². The van der Waals surface area contributed by atoms with Crippen LogP contribution in [0.25, 0.3) is 0 Å². The van der Waals surface area contributed by atoms with E-state index in [-0.39, 0.29) is 24.7 Å². The van der Waals surface area contributed by atoms with Crippen molar-refractivity contribution in [2.24, 2.45) is 5.73 Å². The van der Waals surface area contributed by atoms with Crippen molar-refractivity contribution in [3.63, 3.8) is 0 Å². The Balaban J connectivity index is 3.37. The number of rotatable bonds is 13. The average Bonchev–Trinajstić information content (AvgIpc) is 2.44. The van der Waals surface area contributed by atoms with Crippen molar-refractivity contribution >= 4 is 11.8 Å². The molecule has 0 aliphatic carbocycles. The van der Waals surface area contributed by atoms with Gasteiger partial charge in [-0.2, -0.15) is 0 Å². The molecule has 0 bridgehead atoms. The van der Waals surface area contributed by atoms with Crippen LogP contribution < -0.4 is 21.7 Å². The zero-order valence-electron chi connectivity index (χ0n) is 12.7. The van der Waals surface area contributed by atoms with Crippen LogP contribution in [0.2, 0.25) is 0 Å². The van der Waals surface area contributed by atoms with Crippen molar-refractivity contribution in [3.8, 4) is 0 Å². The summed E-state index contributed by atoms with van der Waals surface area (Å²) in [6.45, 7) is 5.47. The molecule has 0 aliphatic heterocycles. The first-order valence-corrected chi connectivity index (χ1v) is 7.64. The van der Waals surface area contributed by atoms with Gasteiger partial charge in [-0.3, -0.25) is 9.59 Å². The summed E-state index contributed by atoms with van der Waals surface area (Å²) in [5.41, 5.74) is 5.32. The van der Waals surface area contributed by atoms with Gasteiger partial charge in [-0.05, 0) is 6.42 Å². The number of nitrogens with one attached hydrogen (secondary N) is 3. The predicted molar refractivity (Wildman–Crippen MR) is 81.3 cm³/mol. The van der Waals surface area contributed by atoms with Gasteiger partial charge in [-0.15, -0.1) is 0 Å². The molecule has 2 amide bonds. The Kier molecular flexibility index (Phi) is 13.5. The summed E-state index contributed by atoms with van der Waals surface area (Å²) in [4.78, 5) is 22.9. The van der Waals surface area contributed by atoms with Gasteiger partial charge in [0, 0.05) is 45.6 Å². The maximum absolute atomic E-state index is 11.5. The van der Waals surface area contributed by atoms with E-state index in [1.807, 2.05) is 0 Å². The Morgan fingerprint density at radius 1 is 0.850 bits per heavy atom. The van der Waals surface area contributed by atoms with Crippen LogP contribution in [-0.2, 0) is 9.59 Å². The van der Waals surface area contributed by atoms with Crippen LogP contribution in [0.15, 0.2) is 0 Å². The van der Waals surface area contributed by atoms with E-state index in [4.69, 9.17) is 5.73 Å². The molecule has 0 saturated carbocycles. The van der Waals surface area contributed by atoms with E-state index >= 15 is 0 Å². The second-order valence-electron chi connectivity index (χ2n) is 4.80. The van der Waals surface area contributed by atoms with Crippen LogP contribution in [0.1, 0.15) is 45.4 Å². The number of carbonyl (C=O) groups excluding carboxylic acids is 2. The lowest BCUT2D eigenvalue weighted by molar-refractivity contribution is -0.126. The lowest BCUT2D eigenvalue weighted by Gasteiger charge is -2.07. The standard InChI is InChI=1S/C14H30N4O2/c1-2-3-4-5-9-17-13(19)6-7-14(20)18-12-11-16-10-8-15/h16H,2-12,15H2,1H3,(H,17,19)(H,18,20). The molecule has 0 rings (SSSR count). The van der Waals surface area contributed by atoms with E-state index in [1.165, 1.54) is 12.8 Å². The van der Waals surface area contributed by atoms with Crippen LogP contribution in [0.5, 0.6) is 0 Å². The maximum Gasteiger partial charge on any atom is 0.220 e. The maximum atomic E-state index is 11.5. The first-order chi connectivity index (χ1) is 9.70. The van der Waals surface area contributed by atoms with Gasteiger partial charge >= 0.3 is 0 Å². The molecular weight excluding hydrogens is 256 g/mol. The highest BCUT2D eigenvalue weighted by atomic mass is 16.2. The second kappa shape index (κ2) is 14.3. The van der Waals surface area contributed by atoms with E-state index in [9.17, 15) is 9.59 Å². The monoisotopic (exact) mass is 286 g/mol. The van der Waals surface area contributed by atoms with Crippen LogP contribution in [-0.4, -0.2) is 44.5 Å². The first kappa shape index (κ1) is 18.9. The van der Waals surface area contributed by atoms with E-state index in [0.717, 1.165) is 19.4 Å². The number of nitrogens with two attached hydrogens (primary N) is 1. The molecule has 0 unspecified atom stereocenters. The van der Waals surface area contributed by atoms with Gasteiger partial charge in [0.2, 0.25) is 11.8 Å². The Morgan fingerprint density at radius 2 is 1.50 bits per heavy atom. The number of hydrogen-bond acceptors (Lipinski definition) is 4. The molecule has 0 fully saturated rings. The third-order valence-electron chi connectivity index (χ3n) is 2.88. The molecule has 0 atom stereocenters. The Bertz CT molecular complexity index is 234. The van der Waals surface area contributed by atoms with Crippen molar-refractivity contribution in [2.45, 2.75) is 45.4 Å². The molecule has 0 aromatic carbocycles. The Morgan fingerprint density at radius 3 is 2.10 bits per heavy atom. The van der Waals surface area contributed by atoms with Gasteiger partial charge in [0.25, 0.3) is 0 Å². The molecule has 5 N–H and O–H groups in total. The first-order valence-electron chi connectivity index (χ1n) is 7.64. The number of amides is 2. The average molecular weight is 286 g/mol. The molecule has 118 valence electrons. The summed E-state index contributed by atoms with van der Waals surface area (Å²) >= 11 is 0. The Hall–Kier alpha value is -1.14. The normalized spacial score (nSPS) is 10.3. The zero-order chi connectivity index (χ0) is 15.1. The summed E-state index contributed by atoms with van der Waals surface area (Å²) in [7, 11) is 0. The van der Waals surface area contributed by atoms with E-state index in [2.05, 4.69) is 22.9 Å². The van der Waals surface area contributed by atoms with E-state index in [1.54, 1.807) is 0 Å². The zero-order valence-corrected chi connectivity index (χ0v) is 12.7. The quantitative estimate of drug-likeness (QED) is 0.362. The largest absolute Gasteiger partial charge is 0.356 e. The number of hydrogen-bond donors (Lipinski definition) is 4. The van der Waals surface area contributed by atoms with Crippen molar-refractivity contribution in [1.82, 2.24) is 16.0 Å². The molecule has 6 heteroatoms. The lowest BCUT2D eigenvalue weighted by Crippen LogP contribution is -2.34. The minimum absolute atomic E-state index is 0.0436. The van der Waals surface area contributed by atoms with Crippen LogP contribution in [0.3, 0.4) is 0 Å². The topological polar surface area (TPSA) is 96.2 Å². The Labute approximate surface area is 122 Å². The fourth-order valence-corrected chi connectivity index (χ4v) is 1.70. The molecule has 6 nitrogen and oxygen atoms in total. The molecule has 0 aromatic heterocycles. The number of carbonyl (C=O) groups is 2. The minimum Gasteiger partial charge on any atom is -0.356 e. The molecule has 0 spiro atoms. The van der Waals surface area contributed by atoms with Crippen molar-refractivity contribution in [1.29, 1.82) is 0 Å². The predicted octanol–water partition coefficient (Wildman–Crippen LogP) is 0.128. The summed E-state index contributed by atoms with van der Waals surface area (Å²) in [5.74, 6) is -0.126. The highest BCUT2D eigenvalue weighted by molar-refractivity contribution is 5.83. The second-order valence-corrected chi connectivity index (χ2v) is 4.80. The van der Waals surface area contributed by atoms with Crippen LogP contribution >= 0.6 is 0 Å². The van der Waals surface area contributed by atoms with Gasteiger partial charge < -0.3 is 21.7 Å². The van der Waals surface area contributed by atoms with Gasteiger partial charge in [-0.1, -0.05) is 26.2 Å². The lowest BCUT2D eigenvalue weighted by atomic mass is 10.2. The smallest absolute Gasteiger partial charge is 0.220 e. The highest BCUT2D eigenvalue weighted by Crippen LogP contribution is 1.97. The summed E-state index contributed by atoms with van der Waals surface area (Å²) in [6.07, 6.45) is 5.06. The van der Waals surface area contributed by atoms with Crippen molar-refractivity contribution in [2.75, 3.05) is 32.7 Å². The molecule has 0 aliphatic rings. The molecule has 0 radical (unpaired) electrons. The number of unbranched alkanes of at least 4 members (excludes halogenated alkanes) is 3. The van der Waals surface area contributed by atoms with Crippen LogP contribution in [0, 0.1) is 0 Å². The van der Waals surface area contributed by atoms with Crippen LogP contribution in [0.4, 0.5) is 0 Å². The van der Waals surface area contributed by atoms with Crippen molar-refractivity contribution in [3.05, 3.63) is 0 Å². The van der Waals surface area contributed by atoms with Gasteiger partial charge in [-0.25, -0.2) is 0 Å². The van der Waals surface area contributed by atoms with E-state index < -0.39 is 0 Å². The fourth-order valence-electron chi connectivity index (χ4n) is 1.70. The van der Waals surface area contributed by atoms with Gasteiger partial charge in [0.05, 0.1) is 0 Å². The minimum atomic E-state index is -0.0827. The van der Waals surface area contributed by atoms with Gasteiger partial charge in [0.1, 0.15) is 0 Å². The molecular formula is C14H30N4O2.